The highest BCUT2D eigenvalue weighted by Crippen LogP contribution is 2.22. The molecule has 1 heterocycles. The Bertz CT molecular complexity index is 796. The van der Waals surface area contributed by atoms with Crippen LogP contribution in [0.4, 0.5) is 5.69 Å². The van der Waals surface area contributed by atoms with E-state index in [2.05, 4.69) is 4.98 Å². The molecule has 0 bridgehead atoms. The van der Waals surface area contributed by atoms with Gasteiger partial charge in [-0.2, -0.15) is 0 Å². The Kier molecular flexibility index (Phi) is 4.40. The molecule has 0 amide bonds. The second-order valence-electron chi connectivity index (χ2n) is 4.30. The quantitative estimate of drug-likeness (QED) is 0.514. The Balaban J connectivity index is 2.74. The highest BCUT2D eigenvalue weighted by atomic mass is 16.6. The summed E-state index contributed by atoms with van der Waals surface area (Å²) in [6, 6.07) is 3.71. The lowest BCUT2D eigenvalue weighted by Crippen LogP contribution is -2.20. The van der Waals surface area contributed by atoms with Crippen LogP contribution in [0.2, 0.25) is 0 Å². The van der Waals surface area contributed by atoms with Crippen molar-refractivity contribution in [3.05, 3.63) is 44.1 Å². The molecule has 22 heavy (non-hydrogen) atoms. The van der Waals surface area contributed by atoms with Crippen LogP contribution in [0.5, 0.6) is 5.88 Å². The Morgan fingerprint density at radius 3 is 2.64 bits per heavy atom. The molecule has 2 aromatic rings. The summed E-state index contributed by atoms with van der Waals surface area (Å²) in [5, 5.41) is 11.0. The van der Waals surface area contributed by atoms with Crippen molar-refractivity contribution in [1.29, 1.82) is 0 Å². The number of nitro groups is 1. The smallest absolute Gasteiger partial charge is 0.347 e. The maximum Gasteiger partial charge on any atom is 0.347 e. The predicted molar refractivity (Wildman–Crippen MR) is 78.3 cm³/mol. The second kappa shape index (κ2) is 6.25. The van der Waals surface area contributed by atoms with Gasteiger partial charge in [-0.1, -0.05) is 0 Å². The number of non-ortho nitro benzene ring substituents is 1. The predicted octanol–water partition coefficient (Wildman–Crippen LogP) is 2.01. The minimum absolute atomic E-state index is 0.0565. The van der Waals surface area contributed by atoms with E-state index >= 15 is 0 Å². The normalized spacial score (nSPS) is 10.5. The van der Waals surface area contributed by atoms with Crippen LogP contribution in [-0.2, 0) is 4.74 Å². The Hall–Kier alpha value is -2.90. The van der Waals surface area contributed by atoms with Crippen LogP contribution in [0.25, 0.3) is 10.9 Å². The number of nitro benzene ring substituents is 1. The number of esters is 1. The lowest BCUT2D eigenvalue weighted by Gasteiger charge is -2.10. The molecule has 0 aliphatic heterocycles. The van der Waals surface area contributed by atoms with Crippen LogP contribution < -0.4 is 10.2 Å². The van der Waals surface area contributed by atoms with Gasteiger partial charge in [-0.05, 0) is 19.9 Å². The standard InChI is InChI=1S/C14H14N2O6/c1-3-21-13-11(14(18)22-4-2)12(17)9-6-5-8(16(19)20)7-10(9)15-13/h5-7H,3-4H2,1-2H3,(H,15,17). The van der Waals surface area contributed by atoms with Gasteiger partial charge in [-0.15, -0.1) is 0 Å². The number of ether oxygens (including phenoxy) is 2. The summed E-state index contributed by atoms with van der Waals surface area (Å²) >= 11 is 0. The molecule has 0 aliphatic rings. The lowest BCUT2D eigenvalue weighted by atomic mass is 10.1. The van der Waals surface area contributed by atoms with Crippen molar-refractivity contribution in [2.75, 3.05) is 13.2 Å². The summed E-state index contributed by atoms with van der Waals surface area (Å²) in [5.74, 6) is -0.855. The zero-order chi connectivity index (χ0) is 16.3. The molecule has 8 heteroatoms. The van der Waals surface area contributed by atoms with Gasteiger partial charge in [0.25, 0.3) is 5.69 Å². The van der Waals surface area contributed by atoms with Crippen LogP contribution >= 0.6 is 0 Å². The van der Waals surface area contributed by atoms with E-state index in [-0.39, 0.29) is 41.2 Å². The third-order valence-corrected chi connectivity index (χ3v) is 2.93. The Morgan fingerprint density at radius 1 is 1.32 bits per heavy atom. The average Bonchev–Trinajstić information content (AvgIpc) is 2.47. The molecule has 0 saturated carbocycles. The van der Waals surface area contributed by atoms with Crippen molar-refractivity contribution >= 4 is 22.6 Å². The Morgan fingerprint density at radius 2 is 2.05 bits per heavy atom. The van der Waals surface area contributed by atoms with Crippen LogP contribution in [0.3, 0.4) is 0 Å². The summed E-state index contributed by atoms with van der Waals surface area (Å²) in [4.78, 5) is 37.4. The van der Waals surface area contributed by atoms with Gasteiger partial charge in [0.15, 0.2) is 5.56 Å². The highest BCUT2D eigenvalue weighted by molar-refractivity contribution is 5.96. The monoisotopic (exact) mass is 306 g/mol. The second-order valence-corrected chi connectivity index (χ2v) is 4.30. The van der Waals surface area contributed by atoms with Gasteiger partial charge in [-0.3, -0.25) is 14.9 Å². The van der Waals surface area contributed by atoms with Crippen molar-refractivity contribution in [2.45, 2.75) is 13.8 Å². The van der Waals surface area contributed by atoms with Gasteiger partial charge in [0.1, 0.15) is 0 Å². The molecule has 2 rings (SSSR count). The molecule has 0 aliphatic carbocycles. The first kappa shape index (κ1) is 15.5. The van der Waals surface area contributed by atoms with Crippen molar-refractivity contribution in [1.82, 2.24) is 4.98 Å². The first-order chi connectivity index (χ1) is 10.5. The summed E-state index contributed by atoms with van der Waals surface area (Å²) in [6.07, 6.45) is 0. The largest absolute Gasteiger partial charge is 0.479 e. The van der Waals surface area contributed by atoms with E-state index in [1.807, 2.05) is 0 Å². The van der Waals surface area contributed by atoms with Gasteiger partial charge in [0.05, 0.1) is 23.7 Å². The number of fused-ring (bicyclic) bond motifs is 1. The minimum atomic E-state index is -0.799. The number of H-pyrrole nitrogens is 1. The fraction of sp³-hybridized carbons (Fsp3) is 0.286. The molecule has 0 spiro atoms. The van der Waals surface area contributed by atoms with E-state index in [0.717, 1.165) is 0 Å². The summed E-state index contributed by atoms with van der Waals surface area (Å²) in [5.41, 5.74) is -0.791. The van der Waals surface area contributed by atoms with Crippen LogP contribution in [0.15, 0.2) is 23.0 Å². The molecule has 1 aromatic heterocycles. The minimum Gasteiger partial charge on any atom is -0.479 e. The average molecular weight is 306 g/mol. The maximum atomic E-state index is 12.5. The number of rotatable bonds is 5. The molecule has 0 atom stereocenters. The third kappa shape index (κ3) is 2.76. The van der Waals surface area contributed by atoms with Gasteiger partial charge in [0.2, 0.25) is 11.3 Å². The zero-order valence-electron chi connectivity index (χ0n) is 12.0. The number of pyridine rings is 1. The fourth-order valence-electron chi connectivity index (χ4n) is 2.01. The van der Waals surface area contributed by atoms with E-state index in [1.165, 1.54) is 18.2 Å². The van der Waals surface area contributed by atoms with E-state index in [9.17, 15) is 19.7 Å². The number of hydrogen-bond donors (Lipinski definition) is 1. The van der Waals surface area contributed by atoms with E-state index in [4.69, 9.17) is 9.47 Å². The maximum absolute atomic E-state index is 12.5. The van der Waals surface area contributed by atoms with E-state index in [1.54, 1.807) is 13.8 Å². The number of nitrogens with zero attached hydrogens (tertiary/aromatic N) is 1. The van der Waals surface area contributed by atoms with Gasteiger partial charge in [-0.25, -0.2) is 4.79 Å². The number of aromatic nitrogens is 1. The Labute approximate surface area is 124 Å². The van der Waals surface area contributed by atoms with Crippen LogP contribution in [-0.4, -0.2) is 29.1 Å². The molecule has 1 aromatic carbocycles. The van der Waals surface area contributed by atoms with Crippen LogP contribution in [0.1, 0.15) is 24.2 Å². The molecule has 0 radical (unpaired) electrons. The number of hydrogen-bond acceptors (Lipinski definition) is 6. The zero-order valence-corrected chi connectivity index (χ0v) is 12.0. The molecular weight excluding hydrogens is 292 g/mol. The van der Waals surface area contributed by atoms with Crippen LogP contribution in [0, 0.1) is 10.1 Å². The SMILES string of the molecule is CCOC(=O)c1c(OCC)[nH]c2cc([N+](=O)[O-])ccc2c1=O. The molecule has 8 nitrogen and oxygen atoms in total. The van der Waals surface area contributed by atoms with Crippen molar-refractivity contribution in [3.63, 3.8) is 0 Å². The first-order valence-electron chi connectivity index (χ1n) is 6.63. The fourth-order valence-corrected chi connectivity index (χ4v) is 2.01. The van der Waals surface area contributed by atoms with Gasteiger partial charge in [0, 0.05) is 17.5 Å². The van der Waals surface area contributed by atoms with Crippen molar-refractivity contribution in [3.8, 4) is 5.88 Å². The lowest BCUT2D eigenvalue weighted by molar-refractivity contribution is -0.384. The van der Waals surface area contributed by atoms with Gasteiger partial charge < -0.3 is 14.5 Å². The number of carbonyl (C=O) groups is 1. The first-order valence-corrected chi connectivity index (χ1v) is 6.63. The highest BCUT2D eigenvalue weighted by Gasteiger charge is 2.22. The molecular formula is C14H14N2O6. The van der Waals surface area contributed by atoms with Crippen molar-refractivity contribution in [2.24, 2.45) is 0 Å². The summed E-state index contributed by atoms with van der Waals surface area (Å²) < 4.78 is 10.1. The summed E-state index contributed by atoms with van der Waals surface area (Å²) in [7, 11) is 0. The number of nitrogens with one attached hydrogen (secondary N) is 1. The molecule has 0 unspecified atom stereocenters. The molecule has 0 saturated heterocycles. The van der Waals surface area contributed by atoms with Gasteiger partial charge >= 0.3 is 5.97 Å². The molecule has 0 fully saturated rings. The van der Waals surface area contributed by atoms with E-state index in [0.29, 0.717) is 0 Å². The van der Waals surface area contributed by atoms with Crippen molar-refractivity contribution < 1.29 is 19.2 Å². The number of benzene rings is 1. The molecule has 1 N–H and O–H groups in total. The third-order valence-electron chi connectivity index (χ3n) is 2.93. The number of aromatic amines is 1. The number of carbonyl (C=O) groups excluding carboxylic acids is 1. The molecule has 116 valence electrons. The topological polar surface area (TPSA) is 112 Å². The summed E-state index contributed by atoms with van der Waals surface area (Å²) in [6.45, 7) is 3.63. The van der Waals surface area contributed by atoms with E-state index < -0.39 is 16.3 Å².